The predicted molar refractivity (Wildman–Crippen MR) is 210 cm³/mol. The van der Waals surface area contributed by atoms with Crippen molar-refractivity contribution in [2.24, 2.45) is 0 Å². The van der Waals surface area contributed by atoms with Crippen LogP contribution < -0.4 is 0 Å². The summed E-state index contributed by atoms with van der Waals surface area (Å²) in [5.41, 5.74) is 10.9. The zero-order valence-electron chi connectivity index (χ0n) is 27.8. The van der Waals surface area contributed by atoms with E-state index in [1.54, 1.807) is 0 Å². The molecule has 0 spiro atoms. The van der Waals surface area contributed by atoms with E-state index in [1.165, 1.54) is 21.9 Å². The average Bonchev–Trinajstić information content (AvgIpc) is 3.72. The molecule has 0 aliphatic rings. The fourth-order valence-electron chi connectivity index (χ4n) is 7.97. The maximum Gasteiger partial charge on any atom is 0.144 e. The van der Waals surface area contributed by atoms with Crippen molar-refractivity contribution in [3.05, 3.63) is 169 Å². The van der Waals surface area contributed by atoms with E-state index < -0.39 is 0 Å². The van der Waals surface area contributed by atoms with E-state index in [4.69, 9.17) is 8.83 Å². The molecule has 236 valence electrons. The lowest BCUT2D eigenvalue weighted by atomic mass is 9.85. The fourth-order valence-corrected chi connectivity index (χ4v) is 7.97. The number of fused-ring (bicyclic) bond motifs is 5. The fraction of sp³-hybridized carbons (Fsp3) is 0.0417. The summed E-state index contributed by atoms with van der Waals surface area (Å²) in [6, 6.07) is 56.4. The Morgan fingerprint density at radius 2 is 0.720 bits per heavy atom. The second-order valence-corrected chi connectivity index (χ2v) is 13.4. The van der Waals surface area contributed by atoms with Gasteiger partial charge in [0, 0.05) is 33.0 Å². The summed E-state index contributed by atoms with van der Waals surface area (Å²) >= 11 is 0. The van der Waals surface area contributed by atoms with E-state index in [0.29, 0.717) is 0 Å². The molecule has 0 N–H and O–H groups in total. The topological polar surface area (TPSA) is 26.3 Å². The van der Waals surface area contributed by atoms with Crippen molar-refractivity contribution in [1.82, 2.24) is 0 Å². The van der Waals surface area contributed by atoms with Crippen LogP contribution in [0, 0.1) is 13.8 Å². The van der Waals surface area contributed by atoms with Gasteiger partial charge in [0.25, 0.3) is 0 Å². The monoisotopic (exact) mass is 640 g/mol. The lowest BCUT2D eigenvalue weighted by Crippen LogP contribution is -1.92. The van der Waals surface area contributed by atoms with Crippen LogP contribution in [0.1, 0.15) is 11.1 Å². The van der Waals surface area contributed by atoms with Gasteiger partial charge in [-0.25, -0.2) is 0 Å². The summed E-state index contributed by atoms with van der Waals surface area (Å²) in [7, 11) is 0. The van der Waals surface area contributed by atoms with Crippen molar-refractivity contribution in [2.75, 3.05) is 0 Å². The van der Waals surface area contributed by atoms with E-state index in [9.17, 15) is 0 Å². The average molecular weight is 641 g/mol. The Bertz CT molecular complexity index is 2750. The molecule has 8 aromatic carbocycles. The van der Waals surface area contributed by atoms with E-state index in [1.807, 2.05) is 0 Å². The third-order valence-electron chi connectivity index (χ3n) is 10.1. The van der Waals surface area contributed by atoms with Gasteiger partial charge < -0.3 is 8.83 Å². The standard InChI is InChI=1S/C48H32O2/c1-29-13-11-17-33(25-29)43-37-21-7-9-23-41(37)49-47(43)45-35-19-5-6-20-36(35)46(40-28-32-16-4-3-15-31(32)27-39(40)45)48-44(34-18-12-14-30(2)26-34)38-22-8-10-24-42(38)50-48/h3-28H,1-2H3. The lowest BCUT2D eigenvalue weighted by molar-refractivity contribution is 0.632. The second-order valence-electron chi connectivity index (χ2n) is 13.4. The second kappa shape index (κ2) is 11.1. The van der Waals surface area contributed by atoms with Crippen LogP contribution in [0.4, 0.5) is 0 Å². The molecular weight excluding hydrogens is 609 g/mol. The Hall–Kier alpha value is -6.38. The van der Waals surface area contributed by atoms with Gasteiger partial charge in [0.15, 0.2) is 0 Å². The zero-order chi connectivity index (χ0) is 33.3. The Kier molecular flexibility index (Phi) is 6.34. The first-order valence-corrected chi connectivity index (χ1v) is 17.2. The first-order chi connectivity index (χ1) is 24.6. The van der Waals surface area contributed by atoms with E-state index >= 15 is 0 Å². The minimum absolute atomic E-state index is 0.875. The van der Waals surface area contributed by atoms with Crippen LogP contribution >= 0.6 is 0 Å². The van der Waals surface area contributed by atoms with Crippen molar-refractivity contribution in [3.63, 3.8) is 0 Å². The molecule has 0 saturated carbocycles. The van der Waals surface area contributed by atoms with Gasteiger partial charge in [0.2, 0.25) is 0 Å². The van der Waals surface area contributed by atoms with Gasteiger partial charge in [0.1, 0.15) is 22.7 Å². The normalized spacial score (nSPS) is 11.8. The number of aryl methyl sites for hydroxylation is 2. The van der Waals surface area contributed by atoms with E-state index in [2.05, 4.69) is 172 Å². The molecule has 0 aliphatic heterocycles. The van der Waals surface area contributed by atoms with Crippen LogP contribution in [0.2, 0.25) is 0 Å². The molecule has 10 aromatic rings. The highest BCUT2D eigenvalue weighted by Crippen LogP contribution is 2.52. The van der Waals surface area contributed by atoms with Gasteiger partial charge in [-0.2, -0.15) is 0 Å². The SMILES string of the molecule is Cc1cccc(-c2c(-c3c4ccccc4c(-c4oc5ccccc5c4-c4cccc(C)c4)c4cc5ccccc5cc34)oc3ccccc23)c1. The van der Waals surface area contributed by atoms with Crippen molar-refractivity contribution in [2.45, 2.75) is 13.8 Å². The summed E-state index contributed by atoms with van der Waals surface area (Å²) in [6.07, 6.45) is 0. The maximum absolute atomic E-state index is 6.98. The summed E-state index contributed by atoms with van der Waals surface area (Å²) < 4.78 is 14.0. The lowest BCUT2D eigenvalue weighted by Gasteiger charge is -2.18. The van der Waals surface area contributed by atoms with Crippen LogP contribution in [0.15, 0.2) is 167 Å². The Morgan fingerprint density at radius 3 is 1.16 bits per heavy atom. The molecular formula is C48H32O2. The molecule has 2 nitrogen and oxygen atoms in total. The molecule has 0 aliphatic carbocycles. The highest BCUT2D eigenvalue weighted by molar-refractivity contribution is 6.26. The summed E-state index contributed by atoms with van der Waals surface area (Å²) in [4.78, 5) is 0. The van der Waals surface area contributed by atoms with Gasteiger partial charge in [-0.3, -0.25) is 0 Å². The molecule has 0 atom stereocenters. The smallest absolute Gasteiger partial charge is 0.144 e. The number of hydrogen-bond donors (Lipinski definition) is 0. The van der Waals surface area contributed by atoms with Crippen molar-refractivity contribution in [1.29, 1.82) is 0 Å². The molecule has 2 heterocycles. The van der Waals surface area contributed by atoms with Crippen molar-refractivity contribution >= 4 is 54.3 Å². The molecule has 2 heteroatoms. The maximum atomic E-state index is 6.98. The van der Waals surface area contributed by atoms with E-state index in [0.717, 1.165) is 88.4 Å². The quantitative estimate of drug-likeness (QED) is 0.179. The van der Waals surface area contributed by atoms with Crippen LogP contribution in [0.3, 0.4) is 0 Å². The first-order valence-electron chi connectivity index (χ1n) is 17.2. The first kappa shape index (κ1) is 28.6. The number of furan rings is 2. The van der Waals surface area contributed by atoms with Crippen molar-refractivity contribution < 1.29 is 8.83 Å². The molecule has 0 bridgehead atoms. The van der Waals surface area contributed by atoms with Crippen LogP contribution in [0.5, 0.6) is 0 Å². The molecule has 0 amide bonds. The van der Waals surface area contributed by atoms with Gasteiger partial charge in [-0.05, 0) is 81.6 Å². The van der Waals surface area contributed by atoms with Gasteiger partial charge in [-0.1, -0.05) is 145 Å². The summed E-state index contributed by atoms with van der Waals surface area (Å²) in [6.45, 7) is 4.30. The summed E-state index contributed by atoms with van der Waals surface area (Å²) in [5, 5.41) is 9.06. The minimum atomic E-state index is 0.875. The largest absolute Gasteiger partial charge is 0.455 e. The van der Waals surface area contributed by atoms with E-state index in [-0.39, 0.29) is 0 Å². The number of benzene rings is 8. The molecule has 10 rings (SSSR count). The molecule has 0 unspecified atom stereocenters. The number of hydrogen-bond acceptors (Lipinski definition) is 2. The Labute approximate surface area is 289 Å². The third-order valence-corrected chi connectivity index (χ3v) is 10.1. The van der Waals surface area contributed by atoms with Crippen LogP contribution in [0.25, 0.3) is 99.2 Å². The van der Waals surface area contributed by atoms with Gasteiger partial charge >= 0.3 is 0 Å². The minimum Gasteiger partial charge on any atom is -0.455 e. The third kappa shape index (κ3) is 4.35. The summed E-state index contributed by atoms with van der Waals surface area (Å²) in [5.74, 6) is 1.76. The Balaban J connectivity index is 1.42. The number of rotatable bonds is 4. The molecule has 0 saturated heterocycles. The molecule has 2 aromatic heterocycles. The molecule has 0 radical (unpaired) electrons. The molecule has 50 heavy (non-hydrogen) atoms. The number of para-hydroxylation sites is 2. The molecule has 0 fully saturated rings. The van der Waals surface area contributed by atoms with Crippen LogP contribution in [-0.4, -0.2) is 0 Å². The zero-order valence-corrected chi connectivity index (χ0v) is 27.8. The van der Waals surface area contributed by atoms with Crippen molar-refractivity contribution in [3.8, 4) is 44.9 Å². The highest BCUT2D eigenvalue weighted by Gasteiger charge is 2.27. The highest BCUT2D eigenvalue weighted by atomic mass is 16.3. The van der Waals surface area contributed by atoms with Gasteiger partial charge in [-0.15, -0.1) is 0 Å². The predicted octanol–water partition coefficient (Wildman–Crippen LogP) is 13.9. The van der Waals surface area contributed by atoms with Gasteiger partial charge in [0.05, 0.1) is 0 Å². The Morgan fingerprint density at radius 1 is 0.320 bits per heavy atom. The van der Waals surface area contributed by atoms with Crippen LogP contribution in [-0.2, 0) is 0 Å².